The molecule has 1 aliphatic rings. The number of hydrogen-bond donors (Lipinski definition) is 0. The van der Waals surface area contributed by atoms with E-state index in [1.54, 1.807) is 28.0 Å². The molecule has 0 bridgehead atoms. The number of amides is 1. The molecule has 0 aliphatic carbocycles. The number of nitrogens with zero attached hydrogens (tertiary/aromatic N) is 2. The fourth-order valence-electron chi connectivity index (χ4n) is 2.25. The molecule has 7 heteroatoms. The average Bonchev–Trinajstić information content (AvgIpc) is 3.15. The number of aliphatic imine (C=N–C) groups is 1. The maximum atomic E-state index is 12.5. The van der Waals surface area contributed by atoms with Crippen LogP contribution in [0, 0.1) is 0 Å². The van der Waals surface area contributed by atoms with Crippen LogP contribution in [0.3, 0.4) is 0 Å². The predicted octanol–water partition coefficient (Wildman–Crippen LogP) is 5.86. The molecule has 0 atom stereocenters. The second-order valence-corrected chi connectivity index (χ2v) is 9.06. The zero-order valence-electron chi connectivity index (χ0n) is 13.9. The van der Waals surface area contributed by atoms with Gasteiger partial charge in [0.05, 0.1) is 9.11 Å². The second-order valence-electron chi connectivity index (χ2n) is 5.13. The van der Waals surface area contributed by atoms with Gasteiger partial charge < -0.3 is 0 Å². The van der Waals surface area contributed by atoms with E-state index < -0.39 is 0 Å². The van der Waals surface area contributed by atoms with Crippen LogP contribution in [-0.4, -0.2) is 29.1 Å². The van der Waals surface area contributed by atoms with Crippen LogP contribution in [-0.2, 0) is 4.79 Å². The molecule has 0 saturated carbocycles. The number of halogens is 1. The zero-order chi connectivity index (χ0) is 17.8. The summed E-state index contributed by atoms with van der Waals surface area (Å²) in [6, 6.07) is 11.9. The van der Waals surface area contributed by atoms with E-state index in [0.717, 1.165) is 24.9 Å². The van der Waals surface area contributed by atoms with Crippen molar-refractivity contribution in [3.63, 3.8) is 0 Å². The summed E-state index contributed by atoms with van der Waals surface area (Å²) in [7, 11) is 0. The Bertz CT molecular complexity index is 827. The third-order valence-electron chi connectivity index (χ3n) is 3.41. The lowest BCUT2D eigenvalue weighted by Gasteiger charge is -2.11. The molecule has 1 aromatic carbocycles. The Morgan fingerprint density at radius 1 is 1.20 bits per heavy atom. The number of rotatable bonds is 5. The summed E-state index contributed by atoms with van der Waals surface area (Å²) in [5, 5.41) is 1.54. The van der Waals surface area contributed by atoms with Gasteiger partial charge in [0.1, 0.15) is 0 Å². The minimum Gasteiger partial charge on any atom is -0.287 e. The quantitative estimate of drug-likeness (QED) is 0.580. The van der Waals surface area contributed by atoms with Gasteiger partial charge in [-0.15, -0.1) is 11.3 Å². The van der Waals surface area contributed by atoms with Crippen molar-refractivity contribution < 1.29 is 4.79 Å². The van der Waals surface area contributed by atoms with Crippen LogP contribution in [0.2, 0.25) is 5.02 Å². The Hall–Kier alpha value is -1.21. The maximum Gasteiger partial charge on any atom is 0.266 e. The minimum absolute atomic E-state index is 0.0417. The molecule has 1 saturated heterocycles. The van der Waals surface area contributed by atoms with Crippen molar-refractivity contribution in [1.29, 1.82) is 0 Å². The van der Waals surface area contributed by atoms with Crippen LogP contribution in [0.25, 0.3) is 6.08 Å². The highest BCUT2D eigenvalue weighted by Crippen LogP contribution is 2.37. The first kappa shape index (κ1) is 18.6. The Labute approximate surface area is 165 Å². The summed E-state index contributed by atoms with van der Waals surface area (Å²) < 4.78 is 1.18. The van der Waals surface area contributed by atoms with E-state index in [0.29, 0.717) is 13.1 Å². The number of carbonyl (C=O) groups excluding carboxylic acids is 1. The molecule has 1 amide bonds. The van der Waals surface area contributed by atoms with Crippen LogP contribution in [0.5, 0.6) is 0 Å². The Balaban J connectivity index is 1.76. The van der Waals surface area contributed by atoms with E-state index in [-0.39, 0.29) is 5.91 Å². The Morgan fingerprint density at radius 2 is 1.96 bits per heavy atom. The topological polar surface area (TPSA) is 32.7 Å². The lowest BCUT2D eigenvalue weighted by atomic mass is 10.4. The molecule has 3 nitrogen and oxygen atoms in total. The van der Waals surface area contributed by atoms with Gasteiger partial charge in [-0.05, 0) is 68.1 Å². The van der Waals surface area contributed by atoms with Gasteiger partial charge in [0.2, 0.25) is 0 Å². The molecular formula is C18H17ClN2OS3. The van der Waals surface area contributed by atoms with E-state index in [1.165, 1.54) is 16.0 Å². The first-order valence-corrected chi connectivity index (χ1v) is 10.7. The SMILES string of the molecule is CCN=C1S/C(=C\c2ccc(Sc3ccc(Cl)cc3)s2)C(=O)N1CC. The number of carbonyl (C=O) groups is 1. The summed E-state index contributed by atoms with van der Waals surface area (Å²) in [5.41, 5.74) is 0. The third-order valence-corrected chi connectivity index (χ3v) is 6.87. The smallest absolute Gasteiger partial charge is 0.266 e. The van der Waals surface area contributed by atoms with Crippen molar-refractivity contribution in [3.05, 3.63) is 51.2 Å². The lowest BCUT2D eigenvalue weighted by molar-refractivity contribution is -0.122. The molecule has 0 spiro atoms. The van der Waals surface area contributed by atoms with Gasteiger partial charge in [-0.3, -0.25) is 14.7 Å². The number of thiophene rings is 1. The van der Waals surface area contributed by atoms with Crippen molar-refractivity contribution in [1.82, 2.24) is 4.90 Å². The average molecular weight is 409 g/mol. The summed E-state index contributed by atoms with van der Waals surface area (Å²) >= 11 is 10.7. The van der Waals surface area contributed by atoms with Gasteiger partial charge in [-0.25, -0.2) is 0 Å². The first-order chi connectivity index (χ1) is 12.1. The molecule has 0 N–H and O–H groups in total. The summed E-state index contributed by atoms with van der Waals surface area (Å²) in [4.78, 5) is 21.6. The van der Waals surface area contributed by atoms with E-state index in [1.807, 2.05) is 44.2 Å². The molecule has 2 heterocycles. The number of hydrogen-bond acceptors (Lipinski definition) is 5. The zero-order valence-corrected chi connectivity index (χ0v) is 17.1. The van der Waals surface area contributed by atoms with Gasteiger partial charge in [0, 0.05) is 27.9 Å². The van der Waals surface area contributed by atoms with E-state index in [9.17, 15) is 4.79 Å². The Kier molecular flexibility index (Phi) is 6.28. The van der Waals surface area contributed by atoms with Gasteiger partial charge in [0.25, 0.3) is 5.91 Å². The highest BCUT2D eigenvalue weighted by atomic mass is 35.5. The van der Waals surface area contributed by atoms with Gasteiger partial charge in [-0.1, -0.05) is 23.4 Å². The summed E-state index contributed by atoms with van der Waals surface area (Å²) in [5.74, 6) is 0.0417. The van der Waals surface area contributed by atoms with E-state index in [2.05, 4.69) is 17.1 Å². The second kappa shape index (κ2) is 8.45. The number of benzene rings is 1. The minimum atomic E-state index is 0.0417. The van der Waals surface area contributed by atoms with Crippen molar-refractivity contribution in [2.75, 3.05) is 13.1 Å². The molecule has 0 radical (unpaired) electrons. The highest BCUT2D eigenvalue weighted by molar-refractivity contribution is 8.18. The molecule has 1 aromatic heterocycles. The third kappa shape index (κ3) is 4.50. The van der Waals surface area contributed by atoms with Crippen LogP contribution >= 0.6 is 46.5 Å². The molecule has 1 aliphatic heterocycles. The molecular weight excluding hydrogens is 392 g/mol. The van der Waals surface area contributed by atoms with Crippen LogP contribution in [0.1, 0.15) is 18.7 Å². The number of amidine groups is 1. The first-order valence-electron chi connectivity index (χ1n) is 7.89. The van der Waals surface area contributed by atoms with Crippen LogP contribution in [0.4, 0.5) is 0 Å². The molecule has 0 unspecified atom stereocenters. The van der Waals surface area contributed by atoms with E-state index in [4.69, 9.17) is 11.6 Å². The standard InChI is InChI=1S/C18H17ClN2OS3/c1-3-20-18-21(4-2)17(22)15(25-18)11-14-9-10-16(24-14)23-13-7-5-12(19)6-8-13/h5-11H,3-4H2,1-2H3/b15-11-,20-18?. The number of thioether (sulfide) groups is 1. The van der Waals surface area contributed by atoms with Crippen molar-refractivity contribution in [2.24, 2.45) is 4.99 Å². The fourth-order valence-corrected chi connectivity index (χ4v) is 5.62. The summed E-state index contributed by atoms with van der Waals surface area (Å²) in [6.07, 6.45) is 1.96. The van der Waals surface area contributed by atoms with Gasteiger partial charge in [-0.2, -0.15) is 0 Å². The normalized spacial score (nSPS) is 17.9. The van der Waals surface area contributed by atoms with Gasteiger partial charge >= 0.3 is 0 Å². The van der Waals surface area contributed by atoms with Crippen LogP contribution in [0.15, 0.2) is 55.4 Å². The molecule has 1 fully saturated rings. The molecule has 2 aromatic rings. The van der Waals surface area contributed by atoms with Crippen molar-refractivity contribution in [2.45, 2.75) is 23.0 Å². The highest BCUT2D eigenvalue weighted by Gasteiger charge is 2.31. The monoisotopic (exact) mass is 408 g/mol. The van der Waals surface area contributed by atoms with Crippen molar-refractivity contribution in [3.8, 4) is 0 Å². The molecule has 25 heavy (non-hydrogen) atoms. The largest absolute Gasteiger partial charge is 0.287 e. The Morgan fingerprint density at radius 3 is 2.64 bits per heavy atom. The van der Waals surface area contributed by atoms with E-state index >= 15 is 0 Å². The summed E-state index contributed by atoms with van der Waals surface area (Å²) in [6.45, 7) is 5.27. The fraction of sp³-hybridized carbons (Fsp3) is 0.222. The predicted molar refractivity (Wildman–Crippen MR) is 111 cm³/mol. The lowest BCUT2D eigenvalue weighted by Crippen LogP contribution is -2.28. The van der Waals surface area contributed by atoms with Crippen molar-refractivity contribution >= 4 is 63.6 Å². The van der Waals surface area contributed by atoms with Crippen LogP contribution < -0.4 is 0 Å². The molecule has 3 rings (SSSR count). The molecule has 130 valence electrons. The van der Waals surface area contributed by atoms with Gasteiger partial charge in [0.15, 0.2) is 5.17 Å². The number of likely N-dealkylation sites (N-methyl/N-ethyl adjacent to an activating group) is 1. The maximum absolute atomic E-state index is 12.5.